The highest BCUT2D eigenvalue weighted by atomic mass is 79.9. The molecule has 6 heteroatoms. The summed E-state index contributed by atoms with van der Waals surface area (Å²) in [5, 5.41) is 8.72. The fraction of sp³-hybridized carbons (Fsp3) is 0.0667. The molecule has 0 amide bonds. The van der Waals surface area contributed by atoms with E-state index in [0.717, 1.165) is 10.2 Å². The quantitative estimate of drug-likeness (QED) is 0.446. The third-order valence-corrected chi connectivity index (χ3v) is 6.64. The van der Waals surface area contributed by atoms with Crippen molar-refractivity contribution in [2.45, 2.75) is 6.04 Å². The van der Waals surface area contributed by atoms with Gasteiger partial charge in [0, 0.05) is 14.2 Å². The smallest absolute Gasteiger partial charge is 0.0954 e. The van der Waals surface area contributed by atoms with Crippen LogP contribution in [0.5, 0.6) is 0 Å². The van der Waals surface area contributed by atoms with Gasteiger partial charge in [-0.1, -0.05) is 35.3 Å². The average Bonchev–Trinajstić information content (AvgIpc) is 3.17. The molecule has 0 saturated carbocycles. The molecule has 0 unspecified atom stereocenters. The van der Waals surface area contributed by atoms with Crippen molar-refractivity contribution in [2.24, 2.45) is 0 Å². The second-order valence-electron chi connectivity index (χ2n) is 4.33. The Kier molecular flexibility index (Phi) is 4.92. The van der Waals surface area contributed by atoms with Crippen molar-refractivity contribution in [1.29, 1.82) is 0 Å². The summed E-state index contributed by atoms with van der Waals surface area (Å²) < 4.78 is 0.795. The summed E-state index contributed by atoms with van der Waals surface area (Å²) in [6.07, 6.45) is 0. The monoisotopic (exact) mass is 417 g/mol. The molecule has 0 aliphatic heterocycles. The van der Waals surface area contributed by atoms with Gasteiger partial charge in [-0.05, 0) is 51.0 Å². The molecule has 3 rings (SSSR count). The maximum absolute atomic E-state index is 6.35. The lowest BCUT2D eigenvalue weighted by molar-refractivity contribution is 0.993. The van der Waals surface area contributed by atoms with Crippen LogP contribution in [-0.4, -0.2) is 0 Å². The molecule has 108 valence electrons. The zero-order valence-corrected chi connectivity index (χ0v) is 15.4. The van der Waals surface area contributed by atoms with Crippen LogP contribution >= 0.6 is 61.8 Å². The Morgan fingerprint density at radius 2 is 1.52 bits per heavy atom. The van der Waals surface area contributed by atoms with Crippen molar-refractivity contribution < 1.29 is 0 Å². The highest BCUT2D eigenvalue weighted by molar-refractivity contribution is 9.10. The van der Waals surface area contributed by atoms with Gasteiger partial charge in [0.1, 0.15) is 0 Å². The second kappa shape index (κ2) is 6.71. The molecule has 1 aromatic carbocycles. The average molecular weight is 419 g/mol. The first kappa shape index (κ1) is 15.4. The van der Waals surface area contributed by atoms with Gasteiger partial charge in [-0.15, -0.1) is 22.7 Å². The van der Waals surface area contributed by atoms with E-state index in [1.165, 1.54) is 9.75 Å². The minimum atomic E-state index is 0.0831. The van der Waals surface area contributed by atoms with Crippen molar-refractivity contribution in [3.05, 3.63) is 71.4 Å². The van der Waals surface area contributed by atoms with Crippen LogP contribution in [0.2, 0.25) is 10.0 Å². The SMILES string of the molecule is Clc1c(Br)ccc(NC(c2cccs2)c2cccs2)c1Cl. The molecule has 1 nitrogen and oxygen atoms in total. The standard InChI is InChI=1S/C15H10BrCl2NS2/c16-9-5-6-10(14(18)13(9)17)19-15(11-3-1-7-20-11)12-4-2-8-21-12/h1-8,15,19H. The number of nitrogens with one attached hydrogen (secondary N) is 1. The summed E-state index contributed by atoms with van der Waals surface area (Å²) in [7, 11) is 0. The van der Waals surface area contributed by atoms with E-state index in [-0.39, 0.29) is 6.04 Å². The summed E-state index contributed by atoms with van der Waals surface area (Å²) in [6.45, 7) is 0. The Hall–Kier alpha value is -0.520. The van der Waals surface area contributed by atoms with E-state index in [1.54, 1.807) is 22.7 Å². The normalized spacial score (nSPS) is 11.0. The molecule has 0 saturated heterocycles. The first-order chi connectivity index (χ1) is 10.2. The fourth-order valence-corrected chi connectivity index (χ4v) is 4.48. The fourth-order valence-electron chi connectivity index (χ4n) is 1.99. The number of halogens is 3. The van der Waals surface area contributed by atoms with Gasteiger partial charge in [-0.2, -0.15) is 0 Å². The minimum absolute atomic E-state index is 0.0831. The Morgan fingerprint density at radius 3 is 2.05 bits per heavy atom. The maximum Gasteiger partial charge on any atom is 0.0954 e. The first-order valence-corrected chi connectivity index (χ1v) is 9.44. The molecule has 0 atom stereocenters. The Morgan fingerprint density at radius 1 is 0.905 bits per heavy atom. The molecule has 21 heavy (non-hydrogen) atoms. The number of benzene rings is 1. The Balaban J connectivity index is 1.98. The lowest BCUT2D eigenvalue weighted by Crippen LogP contribution is -2.10. The van der Waals surface area contributed by atoms with Crippen molar-refractivity contribution >= 4 is 67.5 Å². The van der Waals surface area contributed by atoms with Gasteiger partial charge in [0.05, 0.1) is 21.8 Å². The van der Waals surface area contributed by atoms with E-state index >= 15 is 0 Å². The maximum atomic E-state index is 6.35. The molecule has 0 aliphatic rings. The van der Waals surface area contributed by atoms with Crippen molar-refractivity contribution in [2.75, 3.05) is 5.32 Å². The summed E-state index contributed by atoms with van der Waals surface area (Å²) in [6, 6.07) is 12.3. The van der Waals surface area contributed by atoms with E-state index in [4.69, 9.17) is 23.2 Å². The van der Waals surface area contributed by atoms with E-state index in [1.807, 2.05) is 12.1 Å². The highest BCUT2D eigenvalue weighted by Gasteiger charge is 2.18. The van der Waals surface area contributed by atoms with Gasteiger partial charge in [0.25, 0.3) is 0 Å². The molecule has 0 fully saturated rings. The van der Waals surface area contributed by atoms with Gasteiger partial charge < -0.3 is 5.32 Å². The van der Waals surface area contributed by atoms with Crippen LogP contribution in [0, 0.1) is 0 Å². The van der Waals surface area contributed by atoms with Crippen LogP contribution in [-0.2, 0) is 0 Å². The number of hydrogen-bond donors (Lipinski definition) is 1. The van der Waals surface area contributed by atoms with Gasteiger partial charge in [-0.25, -0.2) is 0 Å². The largest absolute Gasteiger partial charge is 0.371 e. The van der Waals surface area contributed by atoms with E-state index in [9.17, 15) is 0 Å². The Labute approximate surface area is 149 Å². The van der Waals surface area contributed by atoms with Gasteiger partial charge >= 0.3 is 0 Å². The molecular formula is C15H10BrCl2NS2. The van der Waals surface area contributed by atoms with Crippen LogP contribution in [0.25, 0.3) is 0 Å². The summed E-state index contributed by atoms with van der Waals surface area (Å²) in [5.74, 6) is 0. The number of hydrogen-bond acceptors (Lipinski definition) is 3. The third kappa shape index (κ3) is 3.30. The molecule has 0 spiro atoms. The predicted molar refractivity (Wildman–Crippen MR) is 98.3 cm³/mol. The van der Waals surface area contributed by atoms with Gasteiger partial charge in [-0.3, -0.25) is 0 Å². The highest BCUT2D eigenvalue weighted by Crippen LogP contribution is 2.39. The first-order valence-electron chi connectivity index (χ1n) is 6.13. The lowest BCUT2D eigenvalue weighted by Gasteiger charge is -2.19. The molecule has 2 aromatic heterocycles. The van der Waals surface area contributed by atoms with Crippen LogP contribution in [0.15, 0.2) is 51.6 Å². The van der Waals surface area contributed by atoms with E-state index in [0.29, 0.717) is 10.0 Å². The van der Waals surface area contributed by atoms with E-state index in [2.05, 4.69) is 56.3 Å². The van der Waals surface area contributed by atoms with E-state index < -0.39 is 0 Å². The number of anilines is 1. The summed E-state index contributed by atoms with van der Waals surface area (Å²) >= 11 is 19.4. The van der Waals surface area contributed by atoms with Crippen LogP contribution in [0.4, 0.5) is 5.69 Å². The van der Waals surface area contributed by atoms with Crippen molar-refractivity contribution in [3.8, 4) is 0 Å². The van der Waals surface area contributed by atoms with Crippen LogP contribution in [0.1, 0.15) is 15.8 Å². The minimum Gasteiger partial charge on any atom is -0.371 e. The molecule has 1 N–H and O–H groups in total. The molecule has 0 radical (unpaired) electrons. The predicted octanol–water partition coefficient (Wildman–Crippen LogP) is 7.08. The summed E-state index contributed by atoms with van der Waals surface area (Å²) in [4.78, 5) is 2.49. The van der Waals surface area contributed by atoms with Crippen LogP contribution in [0.3, 0.4) is 0 Å². The topological polar surface area (TPSA) is 12.0 Å². The third-order valence-electron chi connectivity index (χ3n) is 2.99. The molecule has 0 aliphatic carbocycles. The Bertz CT molecular complexity index is 692. The zero-order valence-electron chi connectivity index (χ0n) is 10.6. The molecular weight excluding hydrogens is 409 g/mol. The molecule has 0 bridgehead atoms. The number of rotatable bonds is 4. The number of thiophene rings is 2. The lowest BCUT2D eigenvalue weighted by atomic mass is 10.2. The van der Waals surface area contributed by atoms with Gasteiger partial charge in [0.15, 0.2) is 0 Å². The van der Waals surface area contributed by atoms with Crippen molar-refractivity contribution in [1.82, 2.24) is 0 Å². The van der Waals surface area contributed by atoms with Crippen LogP contribution < -0.4 is 5.32 Å². The molecule has 2 heterocycles. The van der Waals surface area contributed by atoms with Crippen molar-refractivity contribution in [3.63, 3.8) is 0 Å². The van der Waals surface area contributed by atoms with Gasteiger partial charge in [0.2, 0.25) is 0 Å². The summed E-state index contributed by atoms with van der Waals surface area (Å²) in [5.41, 5.74) is 0.830. The molecule has 3 aromatic rings. The zero-order chi connectivity index (χ0) is 14.8. The second-order valence-corrected chi connectivity index (χ2v) is 7.90.